The Hall–Kier alpha value is -1.91. The normalized spacial score (nSPS) is 27.4. The number of imide groups is 1. The standard InChI is InChI=1S/C14H17N3O2/c1-14(2)10-11(14)13(19)17(12(10)18)7-8-4-5-16-9(6-8)15-3/h4-6,10-11H,7H2,1-3H3,(H,15,16). The summed E-state index contributed by atoms with van der Waals surface area (Å²) in [6, 6.07) is 3.69. The first-order chi connectivity index (χ1) is 8.96. The number of nitrogens with zero attached hydrogens (tertiary/aromatic N) is 2. The molecule has 0 bridgehead atoms. The molecule has 3 rings (SSSR count). The van der Waals surface area contributed by atoms with Crippen LogP contribution in [0.25, 0.3) is 0 Å². The second-order valence-electron chi connectivity index (χ2n) is 5.84. The molecule has 0 radical (unpaired) electrons. The number of hydrogen-bond acceptors (Lipinski definition) is 4. The molecule has 5 nitrogen and oxygen atoms in total. The van der Waals surface area contributed by atoms with E-state index in [0.717, 1.165) is 11.4 Å². The van der Waals surface area contributed by atoms with Crippen molar-refractivity contribution in [1.82, 2.24) is 9.88 Å². The molecule has 2 unspecified atom stereocenters. The highest BCUT2D eigenvalue weighted by Crippen LogP contribution is 2.63. The topological polar surface area (TPSA) is 62.3 Å². The maximum Gasteiger partial charge on any atom is 0.233 e. The van der Waals surface area contributed by atoms with Gasteiger partial charge in [0, 0.05) is 13.2 Å². The highest BCUT2D eigenvalue weighted by Gasteiger charge is 2.72. The minimum Gasteiger partial charge on any atom is -0.373 e. The number of anilines is 1. The number of nitrogens with one attached hydrogen (secondary N) is 1. The van der Waals surface area contributed by atoms with Crippen LogP contribution in [0.3, 0.4) is 0 Å². The van der Waals surface area contributed by atoms with E-state index in [-0.39, 0.29) is 29.1 Å². The molecular formula is C14H17N3O2. The number of hydrogen-bond donors (Lipinski definition) is 1. The van der Waals surface area contributed by atoms with Gasteiger partial charge in [0.15, 0.2) is 0 Å². The van der Waals surface area contributed by atoms with Crippen LogP contribution in [0.4, 0.5) is 5.82 Å². The van der Waals surface area contributed by atoms with Gasteiger partial charge in [-0.2, -0.15) is 0 Å². The maximum atomic E-state index is 12.2. The lowest BCUT2D eigenvalue weighted by Crippen LogP contribution is -2.35. The molecule has 1 saturated carbocycles. The van der Waals surface area contributed by atoms with Crippen LogP contribution in [0, 0.1) is 17.3 Å². The monoisotopic (exact) mass is 259 g/mol. The highest BCUT2D eigenvalue weighted by molar-refractivity contribution is 6.10. The lowest BCUT2D eigenvalue weighted by molar-refractivity contribution is -0.143. The van der Waals surface area contributed by atoms with Gasteiger partial charge in [0.1, 0.15) is 5.82 Å². The molecule has 1 N–H and O–H groups in total. The van der Waals surface area contributed by atoms with Crippen LogP contribution in [0.5, 0.6) is 0 Å². The van der Waals surface area contributed by atoms with Gasteiger partial charge in [-0.15, -0.1) is 0 Å². The third kappa shape index (κ3) is 1.64. The molecule has 0 spiro atoms. The van der Waals surface area contributed by atoms with Crippen molar-refractivity contribution in [2.45, 2.75) is 20.4 Å². The molecular weight excluding hydrogens is 242 g/mol. The van der Waals surface area contributed by atoms with Gasteiger partial charge in [0.05, 0.1) is 18.4 Å². The number of carbonyl (C=O) groups is 2. The molecule has 1 aromatic rings. The third-order valence-corrected chi connectivity index (χ3v) is 4.31. The number of likely N-dealkylation sites (tertiary alicyclic amines) is 1. The minimum absolute atomic E-state index is 0.0252. The maximum absolute atomic E-state index is 12.2. The van der Waals surface area contributed by atoms with Crippen LogP contribution < -0.4 is 5.32 Å². The fraction of sp³-hybridized carbons (Fsp3) is 0.500. The summed E-state index contributed by atoms with van der Waals surface area (Å²) in [5.41, 5.74) is 0.777. The average molecular weight is 259 g/mol. The van der Waals surface area contributed by atoms with Crippen LogP contribution >= 0.6 is 0 Å². The van der Waals surface area contributed by atoms with Crippen molar-refractivity contribution >= 4 is 17.6 Å². The van der Waals surface area contributed by atoms with Gasteiger partial charge in [-0.1, -0.05) is 13.8 Å². The third-order valence-electron chi connectivity index (χ3n) is 4.31. The number of pyridine rings is 1. The van der Waals surface area contributed by atoms with Crippen molar-refractivity contribution in [2.75, 3.05) is 12.4 Å². The molecule has 2 aliphatic rings. The Morgan fingerprint density at radius 3 is 2.53 bits per heavy atom. The molecule has 2 amide bonds. The summed E-state index contributed by atoms with van der Waals surface area (Å²) in [6.45, 7) is 4.32. The van der Waals surface area contributed by atoms with E-state index < -0.39 is 0 Å². The van der Waals surface area contributed by atoms with Crippen LogP contribution in [0.2, 0.25) is 0 Å². The summed E-state index contributed by atoms with van der Waals surface area (Å²) in [6.07, 6.45) is 1.68. The molecule has 1 aliphatic heterocycles. The number of rotatable bonds is 3. The quantitative estimate of drug-likeness (QED) is 0.830. The SMILES string of the molecule is CNc1cc(CN2C(=O)C3C(C2=O)C3(C)C)ccn1. The Labute approximate surface area is 112 Å². The van der Waals surface area contributed by atoms with Gasteiger partial charge in [0.2, 0.25) is 11.8 Å². The van der Waals surface area contributed by atoms with Crippen LogP contribution in [0.1, 0.15) is 19.4 Å². The van der Waals surface area contributed by atoms with Gasteiger partial charge < -0.3 is 5.32 Å². The molecule has 2 fully saturated rings. The Balaban J connectivity index is 1.79. The van der Waals surface area contributed by atoms with Crippen LogP contribution in [0.15, 0.2) is 18.3 Å². The van der Waals surface area contributed by atoms with E-state index in [1.54, 1.807) is 13.2 Å². The number of amides is 2. The fourth-order valence-electron chi connectivity index (χ4n) is 3.05. The lowest BCUT2D eigenvalue weighted by Gasteiger charge is -2.20. The zero-order chi connectivity index (χ0) is 13.8. The van der Waals surface area contributed by atoms with E-state index in [0.29, 0.717) is 6.54 Å². The zero-order valence-corrected chi connectivity index (χ0v) is 11.3. The van der Waals surface area contributed by atoms with Crippen molar-refractivity contribution in [1.29, 1.82) is 0 Å². The van der Waals surface area contributed by atoms with E-state index in [9.17, 15) is 9.59 Å². The number of aromatic nitrogens is 1. The summed E-state index contributed by atoms with van der Waals surface area (Å²) in [7, 11) is 1.79. The second kappa shape index (κ2) is 3.79. The van der Waals surface area contributed by atoms with Gasteiger partial charge in [-0.3, -0.25) is 14.5 Å². The largest absolute Gasteiger partial charge is 0.373 e. The summed E-state index contributed by atoms with van der Waals surface area (Å²) >= 11 is 0. The van der Waals surface area contributed by atoms with Gasteiger partial charge in [-0.05, 0) is 23.1 Å². The van der Waals surface area contributed by atoms with E-state index in [1.807, 2.05) is 26.0 Å². The predicted octanol–water partition coefficient (Wildman–Crippen LogP) is 1.26. The molecule has 5 heteroatoms. The minimum atomic E-state index is -0.140. The predicted molar refractivity (Wildman–Crippen MR) is 70.1 cm³/mol. The summed E-state index contributed by atoms with van der Waals surface area (Å²) in [5, 5.41) is 2.95. The number of carbonyl (C=O) groups excluding carboxylic acids is 2. The highest BCUT2D eigenvalue weighted by atomic mass is 16.2. The van der Waals surface area contributed by atoms with E-state index in [2.05, 4.69) is 10.3 Å². The molecule has 2 atom stereocenters. The Bertz CT molecular complexity index is 544. The molecule has 100 valence electrons. The Morgan fingerprint density at radius 1 is 1.32 bits per heavy atom. The van der Waals surface area contributed by atoms with Gasteiger partial charge >= 0.3 is 0 Å². The zero-order valence-electron chi connectivity index (χ0n) is 11.3. The smallest absolute Gasteiger partial charge is 0.233 e. The van der Waals surface area contributed by atoms with E-state index in [1.165, 1.54) is 4.90 Å². The molecule has 1 aromatic heterocycles. The fourth-order valence-corrected chi connectivity index (χ4v) is 3.05. The van der Waals surface area contributed by atoms with Gasteiger partial charge in [0.25, 0.3) is 0 Å². The number of piperidine rings is 1. The first-order valence-corrected chi connectivity index (χ1v) is 6.44. The molecule has 19 heavy (non-hydrogen) atoms. The summed E-state index contributed by atoms with van der Waals surface area (Å²) in [4.78, 5) is 29.9. The van der Waals surface area contributed by atoms with Crippen molar-refractivity contribution in [3.63, 3.8) is 0 Å². The van der Waals surface area contributed by atoms with E-state index >= 15 is 0 Å². The van der Waals surface area contributed by atoms with Crippen LogP contribution in [-0.4, -0.2) is 28.7 Å². The lowest BCUT2D eigenvalue weighted by atomic mass is 10.1. The number of fused-ring (bicyclic) bond motifs is 1. The van der Waals surface area contributed by atoms with Crippen molar-refractivity contribution in [2.24, 2.45) is 17.3 Å². The van der Waals surface area contributed by atoms with Gasteiger partial charge in [-0.25, -0.2) is 4.98 Å². The summed E-state index contributed by atoms with van der Waals surface area (Å²) < 4.78 is 0. The summed E-state index contributed by atoms with van der Waals surface area (Å²) in [5.74, 6) is 0.476. The van der Waals surface area contributed by atoms with Crippen molar-refractivity contribution < 1.29 is 9.59 Å². The molecule has 0 aromatic carbocycles. The Morgan fingerprint density at radius 2 is 1.95 bits per heavy atom. The molecule has 1 aliphatic carbocycles. The molecule has 1 saturated heterocycles. The first-order valence-electron chi connectivity index (χ1n) is 6.44. The molecule has 2 heterocycles. The van der Waals surface area contributed by atoms with E-state index in [4.69, 9.17) is 0 Å². The van der Waals surface area contributed by atoms with Crippen LogP contribution in [-0.2, 0) is 16.1 Å². The average Bonchev–Trinajstić information content (AvgIpc) is 2.86. The van der Waals surface area contributed by atoms with Crippen molar-refractivity contribution in [3.05, 3.63) is 23.9 Å². The Kier molecular flexibility index (Phi) is 2.42. The first kappa shape index (κ1) is 12.1. The second-order valence-corrected chi connectivity index (χ2v) is 5.84. The van der Waals surface area contributed by atoms with Crippen molar-refractivity contribution in [3.8, 4) is 0 Å².